The van der Waals surface area contributed by atoms with E-state index in [0.29, 0.717) is 11.1 Å². The molecule has 106 valence electrons. The van der Waals surface area contributed by atoms with Gasteiger partial charge in [0.25, 0.3) is 5.91 Å². The van der Waals surface area contributed by atoms with Crippen molar-refractivity contribution in [2.75, 3.05) is 18.6 Å². The molecule has 0 bridgehead atoms. The second-order valence-electron chi connectivity index (χ2n) is 4.53. The van der Waals surface area contributed by atoms with Crippen LogP contribution in [0.25, 0.3) is 0 Å². The van der Waals surface area contributed by atoms with Crippen LogP contribution in [0.3, 0.4) is 0 Å². The zero-order chi connectivity index (χ0) is 15.2. The second kappa shape index (κ2) is 6.69. The van der Waals surface area contributed by atoms with Crippen molar-refractivity contribution < 1.29 is 9.90 Å². The number of aliphatic hydroxyl groups is 1. The number of carbonyl (C=O) groups is 1. The van der Waals surface area contributed by atoms with Crippen LogP contribution in [-0.4, -0.2) is 29.7 Å². The lowest BCUT2D eigenvalue weighted by Crippen LogP contribution is -2.27. The van der Waals surface area contributed by atoms with Crippen LogP contribution < -0.4 is 4.90 Å². The van der Waals surface area contributed by atoms with Crippen LogP contribution in [-0.2, 0) is 0 Å². The highest BCUT2D eigenvalue weighted by atomic mass is 16.2. The maximum absolute atomic E-state index is 12.6. The van der Waals surface area contributed by atoms with Gasteiger partial charge in [-0.25, -0.2) is 0 Å². The monoisotopic (exact) mass is 280 g/mol. The topological polar surface area (TPSA) is 53.4 Å². The summed E-state index contributed by atoms with van der Waals surface area (Å²) in [5.41, 5.74) is 2.85. The van der Waals surface area contributed by atoms with Gasteiger partial charge >= 0.3 is 0 Å². The third-order valence-corrected chi connectivity index (χ3v) is 3.14. The average Bonchev–Trinajstić information content (AvgIpc) is 2.52. The molecule has 1 amide bonds. The first-order valence-electron chi connectivity index (χ1n) is 6.52. The number of para-hydroxylation sites is 1. The van der Waals surface area contributed by atoms with Crippen molar-refractivity contribution in [1.29, 1.82) is 0 Å². The van der Waals surface area contributed by atoms with Gasteiger partial charge in [0.05, 0.1) is 11.1 Å². The Kier molecular flexibility index (Phi) is 4.70. The Bertz CT molecular complexity index is 714. The average molecular weight is 280 g/mol. The van der Waals surface area contributed by atoms with Crippen LogP contribution in [0, 0.1) is 18.8 Å². The molecule has 0 aliphatic carbocycles. The first-order valence-corrected chi connectivity index (χ1v) is 6.52. The van der Waals surface area contributed by atoms with Gasteiger partial charge in [-0.3, -0.25) is 9.78 Å². The van der Waals surface area contributed by atoms with E-state index >= 15 is 0 Å². The molecule has 0 unspecified atom stereocenters. The summed E-state index contributed by atoms with van der Waals surface area (Å²) >= 11 is 0. The minimum absolute atomic E-state index is 0.158. The highest BCUT2D eigenvalue weighted by Gasteiger charge is 2.17. The number of amides is 1. The Morgan fingerprint density at radius 2 is 2.10 bits per heavy atom. The molecule has 4 nitrogen and oxygen atoms in total. The molecule has 0 atom stereocenters. The van der Waals surface area contributed by atoms with Crippen molar-refractivity contribution in [3.8, 4) is 11.8 Å². The van der Waals surface area contributed by atoms with Crippen LogP contribution in [0.15, 0.2) is 42.7 Å². The molecule has 2 aromatic rings. The molecule has 0 spiro atoms. The van der Waals surface area contributed by atoms with E-state index in [1.54, 1.807) is 24.2 Å². The summed E-state index contributed by atoms with van der Waals surface area (Å²) in [5.74, 6) is 5.14. The second-order valence-corrected chi connectivity index (χ2v) is 4.53. The zero-order valence-corrected chi connectivity index (χ0v) is 12.0. The van der Waals surface area contributed by atoms with Crippen LogP contribution in [0.4, 0.5) is 5.69 Å². The Balaban J connectivity index is 2.39. The maximum atomic E-state index is 12.6. The Hall–Kier alpha value is -2.64. The van der Waals surface area contributed by atoms with Gasteiger partial charge < -0.3 is 10.0 Å². The molecule has 2 rings (SSSR count). The Morgan fingerprint density at radius 1 is 1.33 bits per heavy atom. The fourth-order valence-corrected chi connectivity index (χ4v) is 2.05. The van der Waals surface area contributed by atoms with E-state index in [9.17, 15) is 4.79 Å². The predicted octanol–water partition coefficient (Wildman–Crippen LogP) is 2.01. The Morgan fingerprint density at radius 3 is 2.81 bits per heavy atom. The molecule has 1 N–H and O–H groups in total. The molecule has 0 saturated heterocycles. The summed E-state index contributed by atoms with van der Waals surface area (Å²) in [6.45, 7) is 1.70. The van der Waals surface area contributed by atoms with Gasteiger partial charge in [-0.15, -0.1) is 0 Å². The van der Waals surface area contributed by atoms with Gasteiger partial charge in [-0.1, -0.05) is 30.0 Å². The summed E-state index contributed by atoms with van der Waals surface area (Å²) in [6, 6.07) is 9.32. The molecule has 21 heavy (non-hydrogen) atoms. The fraction of sp³-hybridized carbons (Fsp3) is 0.176. The summed E-state index contributed by atoms with van der Waals surface area (Å²) in [5, 5.41) is 8.79. The Labute approximate surface area is 124 Å². The molecule has 0 aliphatic rings. The van der Waals surface area contributed by atoms with Gasteiger partial charge in [-0.05, 0) is 24.6 Å². The van der Waals surface area contributed by atoms with Gasteiger partial charge in [0.15, 0.2) is 0 Å². The minimum atomic E-state index is -0.254. The molecule has 0 radical (unpaired) electrons. The third kappa shape index (κ3) is 3.28. The molecule has 0 fully saturated rings. The van der Waals surface area contributed by atoms with E-state index in [0.717, 1.165) is 11.3 Å². The highest BCUT2D eigenvalue weighted by Crippen LogP contribution is 2.20. The number of aromatic nitrogens is 1. The van der Waals surface area contributed by atoms with Gasteiger partial charge in [0.1, 0.15) is 6.61 Å². The zero-order valence-electron chi connectivity index (χ0n) is 12.0. The van der Waals surface area contributed by atoms with E-state index in [1.165, 1.54) is 6.20 Å². The maximum Gasteiger partial charge on any atom is 0.259 e. The first-order chi connectivity index (χ1) is 10.1. The van der Waals surface area contributed by atoms with Crippen LogP contribution in [0.2, 0.25) is 0 Å². The van der Waals surface area contributed by atoms with E-state index < -0.39 is 0 Å². The summed E-state index contributed by atoms with van der Waals surface area (Å²) in [7, 11) is 1.73. The molecule has 4 heteroatoms. The summed E-state index contributed by atoms with van der Waals surface area (Å²) in [4.78, 5) is 18.2. The van der Waals surface area contributed by atoms with Crippen LogP contribution in [0.1, 0.15) is 21.5 Å². The standard InChI is InChI=1S/C17H16N2O2/c1-13-6-3-4-8-16(13)19(2)17(21)15-9-10-18-12-14(15)7-5-11-20/h3-4,6,8-10,12,20H,11H2,1-2H3. The van der Waals surface area contributed by atoms with Gasteiger partial charge in [-0.2, -0.15) is 0 Å². The molecular formula is C17H16N2O2. The molecular weight excluding hydrogens is 264 g/mol. The smallest absolute Gasteiger partial charge is 0.259 e. The van der Waals surface area contributed by atoms with Gasteiger partial charge in [0.2, 0.25) is 0 Å². The van der Waals surface area contributed by atoms with Crippen molar-refractivity contribution in [3.63, 3.8) is 0 Å². The number of pyridine rings is 1. The lowest BCUT2D eigenvalue weighted by molar-refractivity contribution is 0.0992. The minimum Gasteiger partial charge on any atom is -0.384 e. The first kappa shape index (κ1) is 14.8. The summed E-state index contributed by atoms with van der Waals surface area (Å²) < 4.78 is 0. The number of rotatable bonds is 2. The lowest BCUT2D eigenvalue weighted by Gasteiger charge is -2.20. The summed E-state index contributed by atoms with van der Waals surface area (Å²) in [6.07, 6.45) is 3.09. The van der Waals surface area contributed by atoms with Crippen molar-refractivity contribution in [2.45, 2.75) is 6.92 Å². The molecule has 1 heterocycles. The van der Waals surface area contributed by atoms with Crippen LogP contribution in [0.5, 0.6) is 0 Å². The quantitative estimate of drug-likeness (QED) is 0.856. The number of anilines is 1. The molecule has 0 aliphatic heterocycles. The molecule has 1 aromatic carbocycles. The normalized spacial score (nSPS) is 9.67. The van der Waals surface area contributed by atoms with E-state index in [2.05, 4.69) is 16.8 Å². The van der Waals surface area contributed by atoms with Crippen molar-refractivity contribution >= 4 is 11.6 Å². The van der Waals surface area contributed by atoms with Crippen molar-refractivity contribution in [2.24, 2.45) is 0 Å². The number of aryl methyl sites for hydroxylation is 1. The number of benzene rings is 1. The number of nitrogens with zero attached hydrogens (tertiary/aromatic N) is 2. The fourth-order valence-electron chi connectivity index (χ4n) is 2.05. The lowest BCUT2D eigenvalue weighted by atomic mass is 10.1. The van der Waals surface area contributed by atoms with Gasteiger partial charge in [0, 0.05) is 25.1 Å². The predicted molar refractivity (Wildman–Crippen MR) is 82.1 cm³/mol. The van der Waals surface area contributed by atoms with E-state index in [4.69, 9.17) is 5.11 Å². The third-order valence-electron chi connectivity index (χ3n) is 3.14. The van der Waals surface area contributed by atoms with Crippen LogP contribution >= 0.6 is 0 Å². The highest BCUT2D eigenvalue weighted by molar-refractivity contribution is 6.07. The number of aliphatic hydroxyl groups excluding tert-OH is 1. The SMILES string of the molecule is Cc1ccccc1N(C)C(=O)c1ccncc1C#CCO. The number of carbonyl (C=O) groups excluding carboxylic acids is 1. The largest absolute Gasteiger partial charge is 0.384 e. The van der Waals surface area contributed by atoms with Crippen molar-refractivity contribution in [1.82, 2.24) is 4.98 Å². The number of hydrogen-bond donors (Lipinski definition) is 1. The molecule has 0 saturated carbocycles. The van der Waals surface area contributed by atoms with E-state index in [1.807, 2.05) is 31.2 Å². The number of hydrogen-bond acceptors (Lipinski definition) is 3. The van der Waals surface area contributed by atoms with Crippen molar-refractivity contribution in [3.05, 3.63) is 59.4 Å². The molecule has 1 aromatic heterocycles. The van der Waals surface area contributed by atoms with E-state index in [-0.39, 0.29) is 12.5 Å².